The fraction of sp³-hybridized carbons (Fsp3) is 0.400. The van der Waals surface area contributed by atoms with Gasteiger partial charge >= 0.3 is 6.18 Å². The maximum absolute atomic E-state index is 12.7. The summed E-state index contributed by atoms with van der Waals surface area (Å²) in [4.78, 5) is 16.8. The van der Waals surface area contributed by atoms with Gasteiger partial charge in [-0.2, -0.15) is 13.2 Å². The van der Waals surface area contributed by atoms with Crippen LogP contribution in [0.1, 0.15) is 21.3 Å². The van der Waals surface area contributed by atoms with E-state index in [-0.39, 0.29) is 28.9 Å². The summed E-state index contributed by atoms with van der Waals surface area (Å²) in [5.41, 5.74) is 0. The fourth-order valence-electron chi connectivity index (χ4n) is 2.04. The summed E-state index contributed by atoms with van der Waals surface area (Å²) < 4.78 is 39.2. The van der Waals surface area contributed by atoms with Crippen LogP contribution in [-0.4, -0.2) is 32.6 Å². The fourth-order valence-corrected chi connectivity index (χ4v) is 3.13. The summed E-state index contributed by atoms with van der Waals surface area (Å²) in [5.74, 6) is -0.796. The highest BCUT2D eigenvalue weighted by Gasteiger charge is 2.39. The highest BCUT2D eigenvalue weighted by Crippen LogP contribution is 2.33. The van der Waals surface area contributed by atoms with E-state index in [1.54, 1.807) is 4.90 Å². The van der Waals surface area contributed by atoms with Crippen molar-refractivity contribution in [1.29, 1.82) is 0 Å². The zero-order valence-electron chi connectivity index (χ0n) is 10.3. The van der Waals surface area contributed by atoms with Crippen molar-refractivity contribution in [2.24, 2.45) is 0 Å². The first kappa shape index (κ1) is 14.3. The van der Waals surface area contributed by atoms with Crippen molar-refractivity contribution in [3.8, 4) is 0 Å². The van der Waals surface area contributed by atoms with E-state index in [4.69, 9.17) is 11.6 Å². The first-order valence-electron chi connectivity index (χ1n) is 5.76. The second kappa shape index (κ2) is 4.95. The molecule has 0 aliphatic carbocycles. The lowest BCUT2D eigenvalue weighted by Crippen LogP contribution is -2.35. The summed E-state index contributed by atoms with van der Waals surface area (Å²) in [6, 6.07) is 0. The van der Waals surface area contributed by atoms with Crippen molar-refractivity contribution in [1.82, 2.24) is 19.7 Å². The van der Waals surface area contributed by atoms with Gasteiger partial charge in [0.15, 0.2) is 22.4 Å². The zero-order chi connectivity index (χ0) is 15.2. The summed E-state index contributed by atoms with van der Waals surface area (Å²) in [6.45, 7) is 0.520. The number of carbonyl (C=O) groups is 1. The van der Waals surface area contributed by atoms with Gasteiger partial charge in [-0.15, -0.1) is 10.2 Å². The third-order valence-corrected chi connectivity index (χ3v) is 4.42. The van der Waals surface area contributed by atoms with Crippen LogP contribution in [0.15, 0.2) is 0 Å². The molecule has 0 amide bonds. The molecule has 0 saturated carbocycles. The van der Waals surface area contributed by atoms with Crippen molar-refractivity contribution in [3.05, 3.63) is 21.7 Å². The molecule has 3 heterocycles. The van der Waals surface area contributed by atoms with Gasteiger partial charge in [-0.05, 0) is 0 Å². The van der Waals surface area contributed by atoms with E-state index >= 15 is 0 Å². The van der Waals surface area contributed by atoms with Crippen LogP contribution in [0, 0.1) is 0 Å². The van der Waals surface area contributed by atoms with Crippen molar-refractivity contribution in [3.63, 3.8) is 0 Å². The van der Waals surface area contributed by atoms with Crippen LogP contribution in [0.2, 0.25) is 5.15 Å². The molecule has 0 atom stereocenters. The maximum atomic E-state index is 12.7. The molecule has 0 N–H and O–H groups in total. The third-order valence-electron chi connectivity index (χ3n) is 2.98. The highest BCUT2D eigenvalue weighted by molar-refractivity contribution is 7.17. The number of hydrogen-bond donors (Lipinski definition) is 0. The Morgan fingerprint density at radius 1 is 1.29 bits per heavy atom. The van der Waals surface area contributed by atoms with E-state index in [0.717, 1.165) is 15.9 Å². The van der Waals surface area contributed by atoms with Gasteiger partial charge in [0, 0.05) is 13.1 Å². The molecular weight excluding hydrogens is 331 g/mol. The number of anilines is 1. The minimum atomic E-state index is -4.53. The minimum absolute atomic E-state index is 0.0881. The largest absolute Gasteiger partial charge is 0.451 e. The van der Waals surface area contributed by atoms with Crippen molar-refractivity contribution < 1.29 is 18.0 Å². The first-order valence-corrected chi connectivity index (χ1v) is 6.95. The van der Waals surface area contributed by atoms with Gasteiger partial charge in [-0.3, -0.25) is 4.79 Å². The number of thiazole rings is 1. The number of nitrogens with zero attached hydrogens (tertiary/aromatic N) is 5. The second-order valence-electron chi connectivity index (χ2n) is 4.28. The molecule has 1 aliphatic rings. The predicted octanol–water partition coefficient (Wildman–Crippen LogP) is 2.24. The summed E-state index contributed by atoms with van der Waals surface area (Å²) in [5, 5.41) is 7.34. The van der Waals surface area contributed by atoms with E-state index < -0.39 is 12.0 Å². The van der Waals surface area contributed by atoms with Crippen molar-refractivity contribution in [2.75, 3.05) is 11.4 Å². The van der Waals surface area contributed by atoms with E-state index in [1.807, 2.05) is 0 Å². The SMILES string of the molecule is O=Cc1sc(N2CCn3c(nnc3C(F)(F)F)C2)nc1Cl. The average Bonchev–Trinajstić information content (AvgIpc) is 3.00. The van der Waals surface area contributed by atoms with Gasteiger partial charge in [-0.25, -0.2) is 4.98 Å². The first-order chi connectivity index (χ1) is 9.90. The van der Waals surface area contributed by atoms with Crippen LogP contribution in [0.25, 0.3) is 0 Å². The molecule has 3 rings (SSSR count). The van der Waals surface area contributed by atoms with Crippen LogP contribution in [0.4, 0.5) is 18.3 Å². The van der Waals surface area contributed by atoms with E-state index in [2.05, 4.69) is 15.2 Å². The van der Waals surface area contributed by atoms with Gasteiger partial charge in [0.05, 0.1) is 6.54 Å². The van der Waals surface area contributed by atoms with Crippen molar-refractivity contribution >= 4 is 34.4 Å². The molecule has 0 spiro atoms. The Labute approximate surface area is 125 Å². The van der Waals surface area contributed by atoms with Crippen molar-refractivity contribution in [2.45, 2.75) is 19.3 Å². The average molecular weight is 338 g/mol. The molecule has 0 saturated heterocycles. The molecule has 2 aromatic heterocycles. The number of fused-ring (bicyclic) bond motifs is 1. The molecule has 112 valence electrons. The molecule has 0 bridgehead atoms. The number of halogens is 4. The molecule has 0 fully saturated rings. The van der Waals surface area contributed by atoms with Gasteiger partial charge in [-0.1, -0.05) is 22.9 Å². The molecule has 1 aliphatic heterocycles. The Hall–Kier alpha value is -1.68. The van der Waals surface area contributed by atoms with E-state index in [9.17, 15) is 18.0 Å². The quantitative estimate of drug-likeness (QED) is 0.786. The lowest BCUT2D eigenvalue weighted by molar-refractivity contribution is -0.147. The molecular formula is C10H7ClF3N5OS. The minimum Gasteiger partial charge on any atom is -0.339 e. The summed E-state index contributed by atoms with van der Waals surface area (Å²) in [7, 11) is 0. The normalized spacial score (nSPS) is 15.1. The number of aldehydes is 1. The standard InChI is InChI=1S/C10H7ClF3N5OS/c11-7-5(4-20)21-9(15-7)18-1-2-19-6(3-18)16-17-8(19)10(12,13)14/h4H,1-3H2. The predicted molar refractivity (Wildman–Crippen MR) is 68.6 cm³/mol. The topological polar surface area (TPSA) is 63.9 Å². The number of alkyl halides is 3. The van der Waals surface area contributed by atoms with Gasteiger partial charge in [0.2, 0.25) is 5.82 Å². The molecule has 21 heavy (non-hydrogen) atoms. The van der Waals surface area contributed by atoms with Crippen LogP contribution < -0.4 is 4.90 Å². The summed E-state index contributed by atoms with van der Waals surface area (Å²) >= 11 is 6.88. The van der Waals surface area contributed by atoms with Crippen LogP contribution in [0.3, 0.4) is 0 Å². The number of carbonyl (C=O) groups excluding carboxylic acids is 1. The van der Waals surface area contributed by atoms with Gasteiger partial charge in [0.1, 0.15) is 4.88 Å². The Morgan fingerprint density at radius 2 is 2.05 bits per heavy atom. The Kier molecular flexibility index (Phi) is 3.36. The summed E-state index contributed by atoms with van der Waals surface area (Å²) in [6.07, 6.45) is -3.93. The Balaban J connectivity index is 1.88. The van der Waals surface area contributed by atoms with E-state index in [1.165, 1.54) is 0 Å². The Bertz CT molecular complexity index is 697. The Morgan fingerprint density at radius 3 is 2.67 bits per heavy atom. The molecule has 0 unspecified atom stereocenters. The number of hydrogen-bond acceptors (Lipinski definition) is 6. The van der Waals surface area contributed by atoms with Gasteiger partial charge < -0.3 is 9.47 Å². The van der Waals surface area contributed by atoms with Gasteiger partial charge in [0.25, 0.3) is 0 Å². The third kappa shape index (κ3) is 2.48. The molecule has 11 heteroatoms. The highest BCUT2D eigenvalue weighted by atomic mass is 35.5. The van der Waals surface area contributed by atoms with Crippen LogP contribution in [-0.2, 0) is 19.3 Å². The number of rotatable bonds is 2. The lowest BCUT2D eigenvalue weighted by atomic mass is 10.3. The second-order valence-corrected chi connectivity index (χ2v) is 5.65. The molecule has 0 radical (unpaired) electrons. The van der Waals surface area contributed by atoms with Crippen LogP contribution >= 0.6 is 22.9 Å². The molecule has 0 aromatic carbocycles. The number of aromatic nitrogens is 4. The molecule has 6 nitrogen and oxygen atoms in total. The van der Waals surface area contributed by atoms with Crippen LogP contribution in [0.5, 0.6) is 0 Å². The maximum Gasteiger partial charge on any atom is 0.451 e. The lowest BCUT2D eigenvalue weighted by Gasteiger charge is -2.27. The zero-order valence-corrected chi connectivity index (χ0v) is 11.8. The monoisotopic (exact) mass is 337 g/mol. The smallest absolute Gasteiger partial charge is 0.339 e. The van der Waals surface area contributed by atoms with E-state index in [0.29, 0.717) is 18.0 Å². The molecule has 2 aromatic rings.